The first kappa shape index (κ1) is 22.8. The highest BCUT2D eigenvalue weighted by atomic mass is 32.2. The normalized spacial score (nSPS) is 21.3. The number of hydrogen-bond acceptors (Lipinski definition) is 5. The molecule has 6 nitrogen and oxygen atoms in total. The van der Waals surface area contributed by atoms with Crippen LogP contribution in [0.5, 0.6) is 0 Å². The lowest BCUT2D eigenvalue weighted by Gasteiger charge is -2.31. The van der Waals surface area contributed by atoms with Gasteiger partial charge < -0.3 is 9.64 Å². The monoisotopic (exact) mass is 457 g/mol. The molecule has 0 aromatic heterocycles. The number of carbonyl (C=O) groups excluding carboxylic acids is 1. The highest BCUT2D eigenvalue weighted by Crippen LogP contribution is 2.49. The van der Waals surface area contributed by atoms with E-state index >= 15 is 0 Å². The number of rotatable bonds is 8. The molecule has 2 aromatic rings. The zero-order valence-electron chi connectivity index (χ0n) is 18.5. The quantitative estimate of drug-likeness (QED) is 0.534. The molecule has 1 aliphatic carbocycles. The predicted octanol–water partition coefficient (Wildman–Crippen LogP) is 4.78. The third-order valence-corrected chi connectivity index (χ3v) is 7.95. The molecule has 172 valence electrons. The summed E-state index contributed by atoms with van der Waals surface area (Å²) in [6, 6.07) is 16.4. The Kier molecular flexibility index (Phi) is 7.16. The number of ether oxygens (including phenoxy) is 1. The summed E-state index contributed by atoms with van der Waals surface area (Å²) in [5, 5.41) is 0. The first-order chi connectivity index (χ1) is 15.4. The second-order valence-corrected chi connectivity index (χ2v) is 10.5. The summed E-state index contributed by atoms with van der Waals surface area (Å²) in [6.45, 7) is 3.89. The predicted molar refractivity (Wildman–Crippen MR) is 121 cm³/mol. The molecule has 4 rings (SSSR count). The maximum absolute atomic E-state index is 12.3. The summed E-state index contributed by atoms with van der Waals surface area (Å²) >= 11 is 0. The van der Waals surface area contributed by atoms with Gasteiger partial charge in [0.05, 0.1) is 11.5 Å². The Hall–Kier alpha value is -2.38. The van der Waals surface area contributed by atoms with Gasteiger partial charge >= 0.3 is 6.09 Å². The minimum atomic E-state index is -3.69. The molecule has 1 saturated carbocycles. The fourth-order valence-corrected chi connectivity index (χ4v) is 5.50. The van der Waals surface area contributed by atoms with Crippen molar-refractivity contribution in [1.82, 2.24) is 4.90 Å². The SMILES string of the molecule is Cc1ccc(S(=O)(=O)OCC[C@@H]2C[C@@H]2C2CCN(C(=O)OCc3ccccc3)CC2)cc1. The summed E-state index contributed by atoms with van der Waals surface area (Å²) in [7, 11) is -3.69. The van der Waals surface area contributed by atoms with Crippen LogP contribution in [0, 0.1) is 24.7 Å². The standard InChI is InChI=1S/C25H31NO5S/c1-19-7-9-23(10-8-19)32(28,29)31-16-13-22-17-24(22)21-11-14-26(15-12-21)25(27)30-18-20-5-3-2-4-6-20/h2-10,21-22,24H,11-18H2,1H3/t22-,24-/m1/s1. The molecule has 2 aromatic carbocycles. The Morgan fingerprint density at radius 2 is 1.72 bits per heavy atom. The smallest absolute Gasteiger partial charge is 0.410 e. The minimum Gasteiger partial charge on any atom is -0.445 e. The lowest BCUT2D eigenvalue weighted by molar-refractivity contribution is 0.0796. The molecule has 32 heavy (non-hydrogen) atoms. The number of benzene rings is 2. The molecule has 2 fully saturated rings. The van der Waals surface area contributed by atoms with Crippen LogP contribution in [0.15, 0.2) is 59.5 Å². The molecule has 2 aliphatic rings. The Labute approximate surface area is 190 Å². The van der Waals surface area contributed by atoms with Crippen molar-refractivity contribution in [3.05, 3.63) is 65.7 Å². The summed E-state index contributed by atoms with van der Waals surface area (Å²) < 4.78 is 35.3. The lowest BCUT2D eigenvalue weighted by atomic mass is 9.91. The van der Waals surface area contributed by atoms with E-state index in [-0.39, 0.29) is 17.6 Å². The first-order valence-electron chi connectivity index (χ1n) is 11.3. The van der Waals surface area contributed by atoms with E-state index in [1.165, 1.54) is 0 Å². The van der Waals surface area contributed by atoms with Crippen LogP contribution in [0.3, 0.4) is 0 Å². The Balaban J connectivity index is 1.14. The fourth-order valence-electron chi connectivity index (χ4n) is 4.58. The van der Waals surface area contributed by atoms with Gasteiger partial charge in [0.15, 0.2) is 0 Å². The Morgan fingerprint density at radius 1 is 1.03 bits per heavy atom. The largest absolute Gasteiger partial charge is 0.445 e. The van der Waals surface area contributed by atoms with Crippen molar-refractivity contribution in [3.8, 4) is 0 Å². The van der Waals surface area contributed by atoms with Crippen molar-refractivity contribution < 1.29 is 22.1 Å². The highest BCUT2D eigenvalue weighted by molar-refractivity contribution is 7.86. The molecule has 1 amide bonds. The van der Waals surface area contributed by atoms with Gasteiger partial charge in [-0.3, -0.25) is 4.18 Å². The number of hydrogen-bond donors (Lipinski definition) is 0. The second kappa shape index (κ2) is 10.0. The van der Waals surface area contributed by atoms with Gasteiger partial charge in [0, 0.05) is 13.1 Å². The van der Waals surface area contributed by atoms with E-state index in [2.05, 4.69) is 0 Å². The van der Waals surface area contributed by atoms with Crippen LogP contribution in [0.2, 0.25) is 0 Å². The highest BCUT2D eigenvalue weighted by Gasteiger charge is 2.43. The van der Waals surface area contributed by atoms with Gasteiger partial charge in [0.25, 0.3) is 10.1 Å². The Morgan fingerprint density at radius 3 is 2.41 bits per heavy atom. The van der Waals surface area contributed by atoms with Gasteiger partial charge in [0.2, 0.25) is 0 Å². The van der Waals surface area contributed by atoms with E-state index in [0.717, 1.165) is 49.9 Å². The van der Waals surface area contributed by atoms with Crippen LogP contribution in [-0.2, 0) is 25.6 Å². The second-order valence-electron chi connectivity index (χ2n) is 8.90. The van der Waals surface area contributed by atoms with Gasteiger partial charge in [-0.15, -0.1) is 0 Å². The Bertz CT molecular complexity index is 998. The molecule has 2 atom stereocenters. The number of piperidine rings is 1. The van der Waals surface area contributed by atoms with E-state index in [0.29, 0.717) is 24.4 Å². The van der Waals surface area contributed by atoms with E-state index in [4.69, 9.17) is 8.92 Å². The van der Waals surface area contributed by atoms with E-state index in [9.17, 15) is 13.2 Å². The minimum absolute atomic E-state index is 0.210. The molecular formula is C25H31NO5S. The van der Waals surface area contributed by atoms with Crippen LogP contribution in [-0.4, -0.2) is 39.1 Å². The summed E-state index contributed by atoms with van der Waals surface area (Å²) in [5.41, 5.74) is 2.00. The van der Waals surface area contributed by atoms with Crippen molar-refractivity contribution in [1.29, 1.82) is 0 Å². The van der Waals surface area contributed by atoms with Crippen LogP contribution in [0.1, 0.15) is 36.8 Å². The van der Waals surface area contributed by atoms with Crippen molar-refractivity contribution in [2.75, 3.05) is 19.7 Å². The van der Waals surface area contributed by atoms with Crippen LogP contribution >= 0.6 is 0 Å². The zero-order valence-corrected chi connectivity index (χ0v) is 19.3. The van der Waals surface area contributed by atoms with Crippen molar-refractivity contribution in [3.63, 3.8) is 0 Å². The van der Waals surface area contributed by atoms with Crippen LogP contribution in [0.4, 0.5) is 4.79 Å². The van der Waals surface area contributed by atoms with Crippen molar-refractivity contribution >= 4 is 16.2 Å². The summed E-state index contributed by atoms with van der Waals surface area (Å²) in [6.07, 6.45) is 3.59. The third kappa shape index (κ3) is 5.90. The molecular weight excluding hydrogens is 426 g/mol. The van der Waals surface area contributed by atoms with Crippen LogP contribution < -0.4 is 0 Å². The molecule has 0 radical (unpaired) electrons. The molecule has 1 heterocycles. The van der Waals surface area contributed by atoms with E-state index in [1.807, 2.05) is 37.3 Å². The molecule has 1 aliphatic heterocycles. The topological polar surface area (TPSA) is 72.9 Å². The average Bonchev–Trinajstić information content (AvgIpc) is 3.58. The van der Waals surface area contributed by atoms with Gasteiger partial charge in [-0.2, -0.15) is 8.42 Å². The summed E-state index contributed by atoms with van der Waals surface area (Å²) in [5.74, 6) is 1.72. The van der Waals surface area contributed by atoms with Gasteiger partial charge in [-0.1, -0.05) is 48.0 Å². The van der Waals surface area contributed by atoms with Crippen LogP contribution in [0.25, 0.3) is 0 Å². The molecule has 7 heteroatoms. The molecule has 0 spiro atoms. The van der Waals surface area contributed by atoms with Crippen molar-refractivity contribution in [2.45, 2.75) is 44.1 Å². The molecule has 1 saturated heterocycles. The fraction of sp³-hybridized carbons (Fsp3) is 0.480. The molecule has 0 N–H and O–H groups in total. The number of nitrogens with zero attached hydrogens (tertiary/aromatic N) is 1. The zero-order chi connectivity index (χ0) is 22.6. The number of carbonyl (C=O) groups is 1. The third-order valence-electron chi connectivity index (χ3n) is 6.62. The maximum atomic E-state index is 12.3. The lowest BCUT2D eigenvalue weighted by Crippen LogP contribution is -2.39. The van der Waals surface area contributed by atoms with Gasteiger partial charge in [0.1, 0.15) is 6.61 Å². The van der Waals surface area contributed by atoms with Gasteiger partial charge in [-0.25, -0.2) is 4.79 Å². The van der Waals surface area contributed by atoms with Gasteiger partial charge in [-0.05, 0) is 68.1 Å². The number of aryl methyl sites for hydroxylation is 1. The molecule has 0 bridgehead atoms. The average molecular weight is 458 g/mol. The van der Waals surface area contributed by atoms with E-state index < -0.39 is 10.1 Å². The summed E-state index contributed by atoms with van der Waals surface area (Å²) in [4.78, 5) is 14.3. The maximum Gasteiger partial charge on any atom is 0.410 e. The van der Waals surface area contributed by atoms with Crippen molar-refractivity contribution in [2.24, 2.45) is 17.8 Å². The van der Waals surface area contributed by atoms with E-state index in [1.54, 1.807) is 29.2 Å². The number of amides is 1. The molecule has 0 unspecified atom stereocenters. The first-order valence-corrected chi connectivity index (χ1v) is 12.7. The number of likely N-dealkylation sites (tertiary alicyclic amines) is 1.